The van der Waals surface area contributed by atoms with Crippen LogP contribution in [-0.2, 0) is 9.53 Å². The van der Waals surface area contributed by atoms with Crippen molar-refractivity contribution in [3.8, 4) is 0 Å². The van der Waals surface area contributed by atoms with Gasteiger partial charge < -0.3 is 15.4 Å². The molecule has 7 heteroatoms. The Morgan fingerprint density at radius 1 is 1.03 bits per heavy atom. The lowest BCUT2D eigenvalue weighted by Gasteiger charge is -2.26. The maximum atomic E-state index is 12.7. The van der Waals surface area contributed by atoms with Gasteiger partial charge in [-0.2, -0.15) is 0 Å². The van der Waals surface area contributed by atoms with Gasteiger partial charge in [0.25, 0.3) is 5.91 Å². The number of carbonyl (C=O) groups excluding carboxylic acids is 2. The summed E-state index contributed by atoms with van der Waals surface area (Å²) in [6, 6.07) is 15.4. The molecule has 170 valence electrons. The van der Waals surface area contributed by atoms with Crippen molar-refractivity contribution in [3.05, 3.63) is 72.1 Å². The minimum atomic E-state index is -0.0635. The predicted molar refractivity (Wildman–Crippen MR) is 127 cm³/mol. The fourth-order valence-electron chi connectivity index (χ4n) is 4.39. The highest BCUT2D eigenvalue weighted by Gasteiger charge is 2.43. The van der Waals surface area contributed by atoms with Crippen molar-refractivity contribution >= 4 is 28.3 Å². The molecule has 2 fully saturated rings. The fraction of sp³-hybridized carbons (Fsp3) is 0.346. The standard InChI is InChI=1S/C26H28N4O3/c31-25(28-9-10-30-11-13-33-14-12-30)19-3-1-18(2-4-19)23-16-24(23)26(32)29-22-6-5-21-17-27-8-7-20(21)15-22/h1-8,15,17,23-24H,9-14,16H2,(H,28,31)(H,29,32)/t23-,24+/m0/s1. The number of ether oxygens (including phenoxy) is 1. The van der Waals surface area contributed by atoms with Gasteiger partial charge in [0.1, 0.15) is 0 Å². The normalized spacial score (nSPS) is 20.4. The van der Waals surface area contributed by atoms with Gasteiger partial charge >= 0.3 is 0 Å². The van der Waals surface area contributed by atoms with Crippen molar-refractivity contribution in [2.24, 2.45) is 5.92 Å². The highest BCUT2D eigenvalue weighted by molar-refractivity contribution is 5.97. The molecule has 1 aromatic heterocycles. The number of amides is 2. The number of hydrogen-bond acceptors (Lipinski definition) is 5. The van der Waals surface area contributed by atoms with Gasteiger partial charge in [-0.15, -0.1) is 0 Å². The SMILES string of the molecule is O=C(NCCN1CCOCC1)c1ccc([C@@H]2C[C@H]2C(=O)Nc2ccc3cnccc3c2)cc1. The van der Waals surface area contributed by atoms with Crippen LogP contribution in [0.1, 0.15) is 28.3 Å². The summed E-state index contributed by atoms with van der Waals surface area (Å²) in [6.07, 6.45) is 4.39. The molecule has 7 nitrogen and oxygen atoms in total. The average Bonchev–Trinajstić information content (AvgIpc) is 3.66. The zero-order chi connectivity index (χ0) is 22.6. The zero-order valence-electron chi connectivity index (χ0n) is 18.5. The Balaban J connectivity index is 1.11. The van der Waals surface area contributed by atoms with E-state index in [-0.39, 0.29) is 23.7 Å². The highest BCUT2D eigenvalue weighted by atomic mass is 16.5. The van der Waals surface area contributed by atoms with Crippen LogP contribution in [0.4, 0.5) is 5.69 Å². The first kappa shape index (κ1) is 21.6. The third-order valence-corrected chi connectivity index (χ3v) is 6.45. The molecule has 2 heterocycles. The second-order valence-electron chi connectivity index (χ2n) is 8.71. The van der Waals surface area contributed by atoms with E-state index in [0.717, 1.165) is 61.3 Å². The van der Waals surface area contributed by atoms with Crippen LogP contribution in [-0.4, -0.2) is 61.1 Å². The molecule has 1 saturated carbocycles. The first-order chi connectivity index (χ1) is 16.2. The monoisotopic (exact) mass is 444 g/mol. The smallest absolute Gasteiger partial charge is 0.251 e. The van der Waals surface area contributed by atoms with Gasteiger partial charge in [-0.1, -0.05) is 18.2 Å². The quantitative estimate of drug-likeness (QED) is 0.585. The number of nitrogens with one attached hydrogen (secondary N) is 2. The first-order valence-electron chi connectivity index (χ1n) is 11.5. The van der Waals surface area contributed by atoms with Gasteiger partial charge in [0, 0.05) is 61.1 Å². The molecular weight excluding hydrogens is 416 g/mol. The summed E-state index contributed by atoms with van der Waals surface area (Å²) in [5, 5.41) is 8.12. The summed E-state index contributed by atoms with van der Waals surface area (Å²) in [5.74, 6) is 0.143. The number of benzene rings is 2. The highest BCUT2D eigenvalue weighted by Crippen LogP contribution is 2.48. The minimum absolute atomic E-state index is 0.0358. The Morgan fingerprint density at radius 2 is 1.85 bits per heavy atom. The van der Waals surface area contributed by atoms with E-state index >= 15 is 0 Å². The van der Waals surface area contributed by atoms with Crippen molar-refractivity contribution in [2.75, 3.05) is 44.7 Å². The summed E-state index contributed by atoms with van der Waals surface area (Å²) >= 11 is 0. The molecule has 1 aliphatic heterocycles. The molecule has 2 aromatic carbocycles. The average molecular weight is 445 g/mol. The second kappa shape index (κ2) is 9.68. The van der Waals surface area contributed by atoms with E-state index in [4.69, 9.17) is 4.74 Å². The lowest BCUT2D eigenvalue weighted by molar-refractivity contribution is -0.117. The Bertz CT molecular complexity index is 1140. The molecule has 2 N–H and O–H groups in total. The molecule has 2 aliphatic rings. The maximum Gasteiger partial charge on any atom is 0.251 e. The summed E-state index contributed by atoms with van der Waals surface area (Å²) in [5.41, 5.74) is 2.55. The van der Waals surface area contributed by atoms with Crippen LogP contribution in [0.3, 0.4) is 0 Å². The molecule has 1 aliphatic carbocycles. The van der Waals surface area contributed by atoms with Crippen LogP contribution in [0.15, 0.2) is 60.9 Å². The van der Waals surface area contributed by atoms with Gasteiger partial charge in [-0.3, -0.25) is 19.5 Å². The molecule has 1 saturated heterocycles. The lowest BCUT2D eigenvalue weighted by atomic mass is 10.1. The number of morpholine rings is 1. The zero-order valence-corrected chi connectivity index (χ0v) is 18.5. The lowest BCUT2D eigenvalue weighted by Crippen LogP contribution is -2.41. The minimum Gasteiger partial charge on any atom is -0.379 e. The molecule has 0 spiro atoms. The van der Waals surface area contributed by atoms with Crippen molar-refractivity contribution in [1.82, 2.24) is 15.2 Å². The number of pyridine rings is 1. The molecule has 5 rings (SSSR count). The number of rotatable bonds is 7. The van der Waals surface area contributed by atoms with E-state index in [1.165, 1.54) is 0 Å². The molecule has 3 aromatic rings. The summed E-state index contributed by atoms with van der Waals surface area (Å²) in [6.45, 7) is 4.81. The van der Waals surface area contributed by atoms with Crippen LogP contribution in [0.25, 0.3) is 10.8 Å². The van der Waals surface area contributed by atoms with Gasteiger partial charge in [0.2, 0.25) is 5.91 Å². The predicted octanol–water partition coefficient (Wildman–Crippen LogP) is 3.04. The topological polar surface area (TPSA) is 83.6 Å². The van der Waals surface area contributed by atoms with Crippen molar-refractivity contribution in [2.45, 2.75) is 12.3 Å². The molecule has 33 heavy (non-hydrogen) atoms. The summed E-state index contributed by atoms with van der Waals surface area (Å²) < 4.78 is 5.34. The van der Waals surface area contributed by atoms with Gasteiger partial charge in [0.15, 0.2) is 0 Å². The Labute approximate surface area is 193 Å². The molecule has 0 radical (unpaired) electrons. The van der Waals surface area contributed by atoms with E-state index < -0.39 is 0 Å². The number of hydrogen-bond donors (Lipinski definition) is 2. The van der Waals surface area contributed by atoms with E-state index in [1.807, 2.05) is 54.7 Å². The van der Waals surface area contributed by atoms with Crippen LogP contribution in [0.5, 0.6) is 0 Å². The van der Waals surface area contributed by atoms with E-state index in [1.54, 1.807) is 6.20 Å². The van der Waals surface area contributed by atoms with Crippen LogP contribution in [0.2, 0.25) is 0 Å². The Hall–Kier alpha value is -3.29. The second-order valence-corrected chi connectivity index (χ2v) is 8.71. The number of anilines is 1. The van der Waals surface area contributed by atoms with E-state index in [9.17, 15) is 9.59 Å². The van der Waals surface area contributed by atoms with E-state index in [2.05, 4.69) is 20.5 Å². The number of nitrogens with zero attached hydrogens (tertiary/aromatic N) is 2. The molecule has 2 amide bonds. The number of carbonyl (C=O) groups is 2. The molecular formula is C26H28N4O3. The molecule has 0 unspecified atom stereocenters. The molecule has 2 atom stereocenters. The Kier molecular flexibility index (Phi) is 6.32. The van der Waals surface area contributed by atoms with Crippen molar-refractivity contribution in [1.29, 1.82) is 0 Å². The van der Waals surface area contributed by atoms with Gasteiger partial charge in [-0.25, -0.2) is 0 Å². The van der Waals surface area contributed by atoms with Gasteiger partial charge in [0.05, 0.1) is 13.2 Å². The van der Waals surface area contributed by atoms with Crippen LogP contribution < -0.4 is 10.6 Å². The number of fused-ring (bicyclic) bond motifs is 1. The summed E-state index contributed by atoms with van der Waals surface area (Å²) in [4.78, 5) is 31.6. The number of aromatic nitrogens is 1. The van der Waals surface area contributed by atoms with Crippen molar-refractivity contribution < 1.29 is 14.3 Å². The van der Waals surface area contributed by atoms with Gasteiger partial charge in [-0.05, 0) is 53.6 Å². The van der Waals surface area contributed by atoms with E-state index in [0.29, 0.717) is 12.1 Å². The van der Waals surface area contributed by atoms with Crippen LogP contribution >= 0.6 is 0 Å². The first-order valence-corrected chi connectivity index (χ1v) is 11.5. The fourth-order valence-corrected chi connectivity index (χ4v) is 4.39. The summed E-state index contributed by atoms with van der Waals surface area (Å²) in [7, 11) is 0. The molecule has 0 bridgehead atoms. The van der Waals surface area contributed by atoms with Crippen LogP contribution in [0, 0.1) is 5.92 Å². The third-order valence-electron chi connectivity index (χ3n) is 6.45. The maximum absolute atomic E-state index is 12.7. The van der Waals surface area contributed by atoms with Crippen molar-refractivity contribution in [3.63, 3.8) is 0 Å². The largest absolute Gasteiger partial charge is 0.379 e. The Morgan fingerprint density at radius 3 is 2.67 bits per heavy atom. The third kappa shape index (κ3) is 5.21.